The zero-order valence-corrected chi connectivity index (χ0v) is 53.4. The number of benzene rings is 6. The molecule has 0 bridgehead atoms. The van der Waals surface area contributed by atoms with Crippen LogP contribution in [0.4, 0.5) is 0 Å². The van der Waals surface area contributed by atoms with Crippen molar-refractivity contribution in [1.82, 2.24) is 0 Å². The first-order chi connectivity index (χ1) is 36.2. The van der Waals surface area contributed by atoms with Crippen LogP contribution in [0.15, 0.2) is 89.6 Å². The molecular formula is C64H80O6P2Si4. The molecule has 0 fully saturated rings. The summed E-state index contributed by atoms with van der Waals surface area (Å²) in [6, 6.07) is 26.9. The maximum atomic E-state index is 7.51. The molecule has 0 radical (unpaired) electrons. The smallest absolute Gasteiger partial charge is 0.390 e. The lowest BCUT2D eigenvalue weighted by Gasteiger charge is -2.27. The molecule has 12 heteroatoms. The van der Waals surface area contributed by atoms with Crippen molar-refractivity contribution in [2.24, 2.45) is 0 Å². The molecule has 0 unspecified atom stereocenters. The van der Waals surface area contributed by atoms with E-state index in [4.69, 9.17) is 25.8 Å². The molecular weight excluding hydrogens is 1040 g/mol. The van der Waals surface area contributed by atoms with Gasteiger partial charge >= 0.3 is 16.5 Å². The summed E-state index contributed by atoms with van der Waals surface area (Å²) >= 11 is 0. The summed E-state index contributed by atoms with van der Waals surface area (Å²) in [5.41, 5.74) is 17.8. The molecule has 6 aromatic carbocycles. The van der Waals surface area contributed by atoms with Gasteiger partial charge in [-0.25, -0.2) is 0 Å². The van der Waals surface area contributed by atoms with Crippen molar-refractivity contribution in [3.63, 3.8) is 0 Å². The number of aryl methyl sites for hydroxylation is 8. The van der Waals surface area contributed by atoms with Gasteiger partial charge in [0.2, 0.25) is 0 Å². The fourth-order valence-corrected chi connectivity index (χ4v) is 21.7. The Hall–Kier alpha value is -4.41. The quantitative estimate of drug-likeness (QED) is 0.134. The van der Waals surface area contributed by atoms with Crippen molar-refractivity contribution in [3.8, 4) is 22.6 Å². The first kappa shape index (κ1) is 52.3. The first-order valence-electron chi connectivity index (χ1n) is 28.9. The highest BCUT2D eigenvalue weighted by Gasteiger charge is 2.35. The second kappa shape index (κ2) is 19.7. The highest BCUT2D eigenvalue weighted by Crippen LogP contribution is 2.49. The number of rotatable bonds is 9. The van der Waals surface area contributed by atoms with Crippen LogP contribution in [0.5, 0.6) is 11.5 Å². The van der Waals surface area contributed by atoms with E-state index < -0.39 is 48.8 Å². The van der Waals surface area contributed by atoms with Crippen molar-refractivity contribution in [2.75, 3.05) is 0 Å². The van der Waals surface area contributed by atoms with E-state index in [0.29, 0.717) is 11.5 Å². The number of para-hydroxylation sites is 2. The van der Waals surface area contributed by atoms with E-state index in [9.17, 15) is 0 Å². The predicted octanol–water partition coefficient (Wildman–Crippen LogP) is 17.9. The molecule has 76 heavy (non-hydrogen) atoms. The second-order valence-corrected chi connectivity index (χ2v) is 49.0. The van der Waals surface area contributed by atoms with E-state index >= 15 is 0 Å². The lowest BCUT2D eigenvalue weighted by molar-refractivity contribution is 0.494. The normalized spacial score (nSPS) is 16.1. The van der Waals surface area contributed by atoms with Gasteiger partial charge in [0.05, 0.1) is 32.3 Å². The minimum atomic E-state index is -1.97. The van der Waals surface area contributed by atoms with Crippen molar-refractivity contribution in [3.05, 3.63) is 117 Å². The van der Waals surface area contributed by atoms with Gasteiger partial charge in [-0.1, -0.05) is 139 Å². The summed E-state index contributed by atoms with van der Waals surface area (Å²) in [7, 11) is -11.8. The van der Waals surface area contributed by atoms with Gasteiger partial charge in [-0.3, -0.25) is 0 Å². The maximum Gasteiger partial charge on any atom is 0.453 e. The van der Waals surface area contributed by atoms with E-state index in [1.165, 1.54) is 138 Å². The highest BCUT2D eigenvalue weighted by atomic mass is 31.1. The molecule has 4 aliphatic carbocycles. The van der Waals surface area contributed by atoms with Crippen LogP contribution in [-0.4, -0.2) is 32.3 Å². The van der Waals surface area contributed by atoms with Gasteiger partial charge in [-0.05, 0) is 180 Å². The summed E-state index contributed by atoms with van der Waals surface area (Å²) in [6.07, 6.45) is 18.4. The Morgan fingerprint density at radius 3 is 0.816 bits per heavy atom. The minimum absolute atomic E-state index is 0.696. The molecule has 6 nitrogen and oxygen atoms in total. The van der Waals surface area contributed by atoms with Crippen molar-refractivity contribution in [2.45, 2.75) is 181 Å². The van der Waals surface area contributed by atoms with Gasteiger partial charge in [0.15, 0.2) is 0 Å². The summed E-state index contributed by atoms with van der Waals surface area (Å²) in [6.45, 7) is 29.6. The number of fused-ring (bicyclic) bond motifs is 14. The van der Waals surface area contributed by atoms with Gasteiger partial charge in [-0.2, -0.15) is 0 Å². The van der Waals surface area contributed by atoms with Crippen LogP contribution in [0.1, 0.15) is 95.9 Å². The van der Waals surface area contributed by atoms with Gasteiger partial charge in [0.25, 0.3) is 0 Å². The Morgan fingerprint density at radius 1 is 0.329 bits per heavy atom. The van der Waals surface area contributed by atoms with Gasteiger partial charge in [0.1, 0.15) is 33.8 Å². The Kier molecular flexibility index (Phi) is 13.6. The molecule has 0 N–H and O–H groups in total. The highest BCUT2D eigenvalue weighted by molar-refractivity contribution is 7.32. The molecule has 0 spiro atoms. The number of hydrogen-bond acceptors (Lipinski definition) is 6. The Bertz CT molecular complexity index is 3300. The summed E-state index contributed by atoms with van der Waals surface area (Å²) < 4.78 is 44.8. The topological polar surface area (TPSA) is 71.0 Å². The van der Waals surface area contributed by atoms with Gasteiger partial charge in [0, 0.05) is 32.7 Å². The average Bonchev–Trinajstić information content (AvgIpc) is 3.71. The molecule has 8 aromatic rings. The molecule has 0 amide bonds. The lowest BCUT2D eigenvalue weighted by atomic mass is 9.84. The van der Waals surface area contributed by atoms with E-state index in [-0.39, 0.29) is 0 Å². The fraction of sp³-hybridized carbons (Fsp3) is 0.438. The van der Waals surface area contributed by atoms with Crippen LogP contribution >= 0.6 is 16.5 Å². The van der Waals surface area contributed by atoms with Crippen molar-refractivity contribution < 1.29 is 25.8 Å². The van der Waals surface area contributed by atoms with Crippen LogP contribution in [0, 0.1) is 0 Å². The molecule has 4 aliphatic rings. The van der Waals surface area contributed by atoms with Crippen LogP contribution in [0.25, 0.3) is 55.0 Å². The summed E-state index contributed by atoms with van der Waals surface area (Å²) in [4.78, 5) is 0. The molecule has 12 rings (SSSR count). The van der Waals surface area contributed by atoms with Gasteiger partial charge in [-0.15, -0.1) is 0 Å². The summed E-state index contributed by atoms with van der Waals surface area (Å²) in [5.74, 6) is 1.39. The predicted molar refractivity (Wildman–Crippen MR) is 335 cm³/mol. The Labute approximate surface area is 457 Å². The van der Waals surface area contributed by atoms with Crippen LogP contribution in [0.2, 0.25) is 78.6 Å². The third kappa shape index (κ3) is 9.50. The van der Waals surface area contributed by atoms with Crippen LogP contribution in [0.3, 0.4) is 0 Å². The van der Waals surface area contributed by atoms with Crippen LogP contribution < -0.4 is 29.8 Å². The van der Waals surface area contributed by atoms with E-state index in [0.717, 1.165) is 84.8 Å². The van der Waals surface area contributed by atoms with Gasteiger partial charge < -0.3 is 25.8 Å². The van der Waals surface area contributed by atoms with Crippen molar-refractivity contribution in [1.29, 1.82) is 0 Å². The SMILES string of the molecule is C[Si](C)(C)c1cc2c(c3c1op(Oc1ccccc1-c1ccccc1Op1oc4c([Si](C)(C)C)cc5c(c4c4c6c(cc([Si](C)(C)C)c4o1)CCCC6)CCCC5)oc1c([Si](C)(C)C)cc4c(c13)CCCC4)CCCC2. The maximum absolute atomic E-state index is 7.51. The fourth-order valence-electron chi connectivity index (χ4n) is 13.3. The zero-order valence-electron chi connectivity index (χ0n) is 47.6. The molecule has 0 atom stereocenters. The Balaban J connectivity index is 1.08. The molecule has 0 saturated heterocycles. The molecule has 0 saturated carbocycles. The second-order valence-electron chi connectivity index (χ2n) is 26.9. The molecule has 398 valence electrons. The molecule has 2 heterocycles. The first-order valence-corrected chi connectivity index (χ1v) is 45.1. The monoisotopic (exact) mass is 1120 g/mol. The zero-order chi connectivity index (χ0) is 53.1. The number of hydrogen-bond donors (Lipinski definition) is 0. The minimum Gasteiger partial charge on any atom is -0.390 e. The average molecular weight is 1120 g/mol. The molecule has 0 aliphatic heterocycles. The van der Waals surface area contributed by atoms with Crippen LogP contribution in [-0.2, 0) is 51.4 Å². The third-order valence-corrected chi connectivity index (χ3v) is 27.2. The molecule has 2 aromatic heterocycles. The van der Waals surface area contributed by atoms with E-state index in [2.05, 4.69) is 151 Å². The summed E-state index contributed by atoms with van der Waals surface area (Å²) in [5, 5.41) is 10.7. The van der Waals surface area contributed by atoms with E-state index in [1.807, 2.05) is 0 Å². The standard InChI is InChI=1S/C64H80O6P2Si4/c1-73(2,3)53-37-41-25-13-17-29-45(41)57-58-46-30-18-14-26-42(46)38-54(74(4,5)6)62(58)68-71(67-61(53)57)65-51-35-23-21-33-49(51)50-34-22-24-36-52(50)66-72-69-63-55(75(7,8)9)39-43-27-15-19-31-47(43)59(63)60-48-32-20-16-28-44(48)40-56(64(60)70-72)76(10,11)12/h21-24,33-40H,13-20,25-32H2,1-12H3. The van der Waals surface area contributed by atoms with E-state index in [1.54, 1.807) is 0 Å². The third-order valence-electron chi connectivity index (χ3n) is 17.2. The largest absolute Gasteiger partial charge is 0.453 e. The lowest BCUT2D eigenvalue weighted by Crippen LogP contribution is -2.39. The Morgan fingerprint density at radius 2 is 0.566 bits per heavy atom. The van der Waals surface area contributed by atoms with Crippen molar-refractivity contribution >= 4 is 113 Å².